The maximum atomic E-state index is 12.8. The fraction of sp³-hybridized carbons (Fsp3) is 0.222. The van der Waals surface area contributed by atoms with Crippen LogP contribution in [-0.4, -0.2) is 25.7 Å². The zero-order chi connectivity index (χ0) is 20.3. The number of aromatic nitrogens is 4. The van der Waals surface area contributed by atoms with Gasteiger partial charge in [-0.2, -0.15) is 13.2 Å². The predicted molar refractivity (Wildman–Crippen MR) is 98.9 cm³/mol. The normalized spacial score (nSPS) is 12.6. The average molecular weight is 407 g/mol. The fourth-order valence-electron chi connectivity index (χ4n) is 2.39. The standard InChI is InChI=1S/C18H16F3N5OS/c1-11(28-17-25-22-10-26(17)2)12-5-3-6-13(9-12)23-16(27)14-7-4-8-15(24-14)18(19,20)21/h3-11H,1-2H3,(H,23,27)/t11-/m0/s1. The molecule has 146 valence electrons. The van der Waals surface area contributed by atoms with Crippen molar-refractivity contribution in [3.63, 3.8) is 0 Å². The van der Waals surface area contributed by atoms with Crippen molar-refractivity contribution in [3.8, 4) is 0 Å². The molecule has 1 N–H and O–H groups in total. The third-order valence-corrected chi connectivity index (χ3v) is 5.04. The third kappa shape index (κ3) is 4.69. The molecule has 10 heteroatoms. The highest BCUT2D eigenvalue weighted by Gasteiger charge is 2.32. The summed E-state index contributed by atoms with van der Waals surface area (Å²) in [6, 6.07) is 10.3. The van der Waals surface area contributed by atoms with E-state index in [0.717, 1.165) is 22.9 Å². The van der Waals surface area contributed by atoms with Gasteiger partial charge in [0.15, 0.2) is 5.16 Å². The monoisotopic (exact) mass is 407 g/mol. The second kappa shape index (κ2) is 8.01. The van der Waals surface area contributed by atoms with Crippen LogP contribution in [0.5, 0.6) is 0 Å². The van der Waals surface area contributed by atoms with Gasteiger partial charge in [0.1, 0.15) is 17.7 Å². The van der Waals surface area contributed by atoms with E-state index in [2.05, 4.69) is 20.5 Å². The highest BCUT2D eigenvalue weighted by Crippen LogP contribution is 2.34. The number of amides is 1. The van der Waals surface area contributed by atoms with Gasteiger partial charge in [-0.3, -0.25) is 4.79 Å². The van der Waals surface area contributed by atoms with E-state index in [1.807, 2.05) is 20.0 Å². The lowest BCUT2D eigenvalue weighted by molar-refractivity contribution is -0.141. The van der Waals surface area contributed by atoms with Gasteiger partial charge in [-0.15, -0.1) is 10.2 Å². The van der Waals surface area contributed by atoms with E-state index in [1.165, 1.54) is 17.8 Å². The average Bonchev–Trinajstić information content (AvgIpc) is 3.06. The molecule has 3 rings (SSSR count). The summed E-state index contributed by atoms with van der Waals surface area (Å²) < 4.78 is 40.1. The number of halogens is 3. The molecule has 0 bridgehead atoms. The van der Waals surface area contributed by atoms with Gasteiger partial charge >= 0.3 is 6.18 Å². The highest BCUT2D eigenvalue weighted by molar-refractivity contribution is 7.99. The van der Waals surface area contributed by atoms with Crippen molar-refractivity contribution in [2.75, 3.05) is 5.32 Å². The predicted octanol–water partition coefficient (Wildman–Crippen LogP) is 4.33. The zero-order valence-electron chi connectivity index (χ0n) is 14.9. The van der Waals surface area contributed by atoms with Crippen molar-refractivity contribution in [2.24, 2.45) is 7.05 Å². The minimum atomic E-state index is -4.61. The second-order valence-corrected chi connectivity index (χ2v) is 7.28. The van der Waals surface area contributed by atoms with Crippen LogP contribution in [0.2, 0.25) is 0 Å². The summed E-state index contributed by atoms with van der Waals surface area (Å²) >= 11 is 1.50. The Balaban J connectivity index is 1.74. The Labute approximate surface area is 163 Å². The number of pyridine rings is 1. The number of hydrogen-bond acceptors (Lipinski definition) is 5. The van der Waals surface area contributed by atoms with Crippen molar-refractivity contribution in [1.29, 1.82) is 0 Å². The van der Waals surface area contributed by atoms with Crippen molar-refractivity contribution in [3.05, 3.63) is 65.7 Å². The molecular formula is C18H16F3N5OS. The molecule has 0 spiro atoms. The van der Waals surface area contributed by atoms with E-state index < -0.39 is 17.8 Å². The summed E-state index contributed by atoms with van der Waals surface area (Å²) in [5.74, 6) is -0.711. The van der Waals surface area contributed by atoms with Crippen LogP contribution in [0.3, 0.4) is 0 Å². The molecule has 2 aromatic heterocycles. The van der Waals surface area contributed by atoms with Crippen LogP contribution in [0, 0.1) is 0 Å². The largest absolute Gasteiger partial charge is 0.433 e. The highest BCUT2D eigenvalue weighted by atomic mass is 32.2. The fourth-order valence-corrected chi connectivity index (χ4v) is 3.30. The molecule has 28 heavy (non-hydrogen) atoms. The summed E-state index contributed by atoms with van der Waals surface area (Å²) in [6.07, 6.45) is -3.00. The molecule has 0 radical (unpaired) electrons. The molecule has 0 aliphatic carbocycles. The lowest BCUT2D eigenvalue weighted by atomic mass is 10.1. The summed E-state index contributed by atoms with van der Waals surface area (Å²) in [5.41, 5.74) is -0.0285. The van der Waals surface area contributed by atoms with Gasteiger partial charge in [0, 0.05) is 18.0 Å². The Bertz CT molecular complexity index is 989. The number of benzene rings is 1. The van der Waals surface area contributed by atoms with Gasteiger partial charge in [-0.25, -0.2) is 4.98 Å². The smallest absolute Gasteiger partial charge is 0.321 e. The van der Waals surface area contributed by atoms with Crippen LogP contribution >= 0.6 is 11.8 Å². The van der Waals surface area contributed by atoms with Gasteiger partial charge in [0.25, 0.3) is 5.91 Å². The van der Waals surface area contributed by atoms with Crippen molar-refractivity contribution >= 4 is 23.4 Å². The molecule has 0 fully saturated rings. The minimum absolute atomic E-state index is 0.0198. The number of carbonyl (C=O) groups excluding carboxylic acids is 1. The molecule has 1 aromatic carbocycles. The zero-order valence-corrected chi connectivity index (χ0v) is 15.8. The molecule has 0 saturated heterocycles. The van der Waals surface area contributed by atoms with E-state index in [4.69, 9.17) is 0 Å². The number of nitrogens with one attached hydrogen (secondary N) is 1. The summed E-state index contributed by atoms with van der Waals surface area (Å²) in [7, 11) is 1.84. The molecule has 0 aliphatic rings. The first-order chi connectivity index (χ1) is 13.2. The first-order valence-corrected chi connectivity index (χ1v) is 9.08. The quantitative estimate of drug-likeness (QED) is 0.637. The maximum Gasteiger partial charge on any atom is 0.433 e. The van der Waals surface area contributed by atoms with Crippen molar-refractivity contribution in [2.45, 2.75) is 23.5 Å². The number of thioether (sulfide) groups is 1. The van der Waals surface area contributed by atoms with E-state index >= 15 is 0 Å². The van der Waals surface area contributed by atoms with E-state index in [1.54, 1.807) is 29.1 Å². The van der Waals surface area contributed by atoms with E-state index in [0.29, 0.717) is 5.69 Å². The topological polar surface area (TPSA) is 72.7 Å². The number of aryl methyl sites for hydroxylation is 1. The summed E-state index contributed by atoms with van der Waals surface area (Å²) in [6.45, 7) is 1.98. The van der Waals surface area contributed by atoms with Gasteiger partial charge in [0.05, 0.1) is 0 Å². The second-order valence-electron chi connectivity index (χ2n) is 5.97. The van der Waals surface area contributed by atoms with Crippen LogP contribution < -0.4 is 5.32 Å². The number of alkyl halides is 3. The van der Waals surface area contributed by atoms with E-state index in [-0.39, 0.29) is 10.9 Å². The van der Waals surface area contributed by atoms with Crippen LogP contribution in [0.4, 0.5) is 18.9 Å². The Hall–Kier alpha value is -2.88. The molecule has 0 saturated carbocycles. The van der Waals surface area contributed by atoms with Crippen LogP contribution in [0.25, 0.3) is 0 Å². The maximum absolute atomic E-state index is 12.8. The number of rotatable bonds is 5. The Morgan fingerprint density at radius 3 is 2.64 bits per heavy atom. The molecule has 1 amide bonds. The van der Waals surface area contributed by atoms with Crippen LogP contribution in [0.15, 0.2) is 53.9 Å². The lowest BCUT2D eigenvalue weighted by Gasteiger charge is -2.13. The lowest BCUT2D eigenvalue weighted by Crippen LogP contribution is -2.17. The minimum Gasteiger partial charge on any atom is -0.321 e. The molecule has 0 unspecified atom stereocenters. The number of anilines is 1. The first kappa shape index (κ1) is 19.9. The van der Waals surface area contributed by atoms with Gasteiger partial charge < -0.3 is 9.88 Å². The number of nitrogens with zero attached hydrogens (tertiary/aromatic N) is 4. The van der Waals surface area contributed by atoms with Gasteiger partial charge in [-0.1, -0.05) is 30.0 Å². The number of carbonyl (C=O) groups is 1. The third-order valence-electron chi connectivity index (χ3n) is 3.84. The SMILES string of the molecule is C[C@H](Sc1nncn1C)c1cccc(NC(=O)c2cccc(C(F)(F)F)n2)c1. The van der Waals surface area contributed by atoms with Gasteiger partial charge in [0.2, 0.25) is 0 Å². The Morgan fingerprint density at radius 2 is 1.96 bits per heavy atom. The van der Waals surface area contributed by atoms with Crippen molar-refractivity contribution in [1.82, 2.24) is 19.7 Å². The summed E-state index contributed by atoms with van der Waals surface area (Å²) in [5, 5.41) is 11.2. The van der Waals surface area contributed by atoms with E-state index in [9.17, 15) is 18.0 Å². The molecule has 0 aliphatic heterocycles. The molecule has 2 heterocycles. The Kier molecular flexibility index (Phi) is 5.68. The van der Waals surface area contributed by atoms with Crippen LogP contribution in [0.1, 0.15) is 33.9 Å². The van der Waals surface area contributed by atoms with Crippen LogP contribution in [-0.2, 0) is 13.2 Å². The van der Waals surface area contributed by atoms with Gasteiger partial charge in [-0.05, 0) is 36.8 Å². The summed E-state index contributed by atoms with van der Waals surface area (Å²) in [4.78, 5) is 15.7. The molecular weight excluding hydrogens is 391 g/mol. The number of hydrogen-bond donors (Lipinski definition) is 1. The van der Waals surface area contributed by atoms with Crippen molar-refractivity contribution < 1.29 is 18.0 Å². The Morgan fingerprint density at radius 1 is 1.21 bits per heavy atom. The molecule has 6 nitrogen and oxygen atoms in total. The molecule has 3 aromatic rings. The molecule has 1 atom stereocenters. The first-order valence-electron chi connectivity index (χ1n) is 8.20.